The number of ether oxygens (including phenoxy) is 2. The van der Waals surface area contributed by atoms with Crippen LogP contribution in [0.5, 0.6) is 11.5 Å². The molecule has 1 heterocycles. The SMILES string of the molecule is COc1ccc(CN2C(=O)[C@H](C)S/C2=N/N=C\c2ccccc2OC)cc1. The lowest BCUT2D eigenvalue weighted by molar-refractivity contribution is -0.126. The Bertz CT molecular complexity index is 865. The van der Waals surface area contributed by atoms with Gasteiger partial charge in [-0.3, -0.25) is 9.69 Å². The maximum atomic E-state index is 12.5. The van der Waals surface area contributed by atoms with Gasteiger partial charge in [-0.15, -0.1) is 5.10 Å². The van der Waals surface area contributed by atoms with Crippen molar-refractivity contribution in [1.82, 2.24) is 4.90 Å². The van der Waals surface area contributed by atoms with Crippen LogP contribution in [0.2, 0.25) is 0 Å². The zero-order valence-electron chi connectivity index (χ0n) is 15.5. The highest BCUT2D eigenvalue weighted by Gasteiger charge is 2.35. The Labute approximate surface area is 162 Å². The molecule has 0 spiro atoms. The number of para-hydroxylation sites is 1. The average Bonchev–Trinajstić information content (AvgIpc) is 2.96. The van der Waals surface area contributed by atoms with E-state index >= 15 is 0 Å². The van der Waals surface area contributed by atoms with Gasteiger partial charge in [-0.1, -0.05) is 36.0 Å². The van der Waals surface area contributed by atoms with Crippen LogP contribution < -0.4 is 9.47 Å². The minimum Gasteiger partial charge on any atom is -0.497 e. The van der Waals surface area contributed by atoms with E-state index in [1.54, 1.807) is 25.3 Å². The minimum absolute atomic E-state index is 0.0297. The van der Waals surface area contributed by atoms with Gasteiger partial charge in [0.15, 0.2) is 5.17 Å². The van der Waals surface area contributed by atoms with Crippen LogP contribution in [0.3, 0.4) is 0 Å². The van der Waals surface area contributed by atoms with E-state index < -0.39 is 0 Å². The number of carbonyl (C=O) groups is 1. The summed E-state index contributed by atoms with van der Waals surface area (Å²) in [5.41, 5.74) is 1.83. The number of carbonyl (C=O) groups excluding carboxylic acids is 1. The average molecular weight is 383 g/mol. The van der Waals surface area contributed by atoms with E-state index in [0.29, 0.717) is 11.7 Å². The summed E-state index contributed by atoms with van der Waals surface area (Å²) >= 11 is 1.41. The van der Waals surface area contributed by atoms with Crippen molar-refractivity contribution in [3.05, 3.63) is 59.7 Å². The van der Waals surface area contributed by atoms with Crippen molar-refractivity contribution in [3.63, 3.8) is 0 Å². The van der Waals surface area contributed by atoms with Crippen molar-refractivity contribution < 1.29 is 14.3 Å². The predicted octanol–water partition coefficient (Wildman–Crippen LogP) is 3.56. The molecule has 0 saturated carbocycles. The third-order valence-corrected chi connectivity index (χ3v) is 5.17. The van der Waals surface area contributed by atoms with Gasteiger partial charge in [-0.2, -0.15) is 5.10 Å². The number of rotatable bonds is 6. The first kappa shape index (κ1) is 19.0. The molecule has 1 saturated heterocycles. The van der Waals surface area contributed by atoms with Crippen molar-refractivity contribution in [2.45, 2.75) is 18.7 Å². The first-order valence-corrected chi connectivity index (χ1v) is 9.35. The molecule has 0 aliphatic carbocycles. The Balaban J connectivity index is 1.78. The molecule has 1 amide bonds. The van der Waals surface area contributed by atoms with Crippen LogP contribution in [0, 0.1) is 0 Å². The molecule has 3 rings (SSSR count). The molecular weight excluding hydrogens is 362 g/mol. The van der Waals surface area contributed by atoms with E-state index in [2.05, 4.69) is 10.2 Å². The summed E-state index contributed by atoms with van der Waals surface area (Å²) in [5.74, 6) is 1.53. The maximum Gasteiger partial charge on any atom is 0.242 e. The molecule has 0 N–H and O–H groups in total. The number of nitrogens with zero attached hydrogens (tertiary/aromatic N) is 3. The van der Waals surface area contributed by atoms with E-state index in [1.165, 1.54) is 11.8 Å². The normalized spacial score (nSPS) is 18.5. The summed E-state index contributed by atoms with van der Waals surface area (Å²) in [6, 6.07) is 15.2. The Morgan fingerprint density at radius 1 is 1.11 bits per heavy atom. The molecule has 27 heavy (non-hydrogen) atoms. The third kappa shape index (κ3) is 4.49. The fraction of sp³-hybridized carbons (Fsp3) is 0.250. The van der Waals surface area contributed by atoms with Crippen molar-refractivity contribution >= 4 is 29.1 Å². The number of benzene rings is 2. The first-order chi connectivity index (χ1) is 13.1. The van der Waals surface area contributed by atoms with Gasteiger partial charge in [0.2, 0.25) is 5.91 Å². The van der Waals surface area contributed by atoms with Crippen molar-refractivity contribution in [2.75, 3.05) is 14.2 Å². The van der Waals surface area contributed by atoms with Gasteiger partial charge in [0, 0.05) is 5.56 Å². The monoisotopic (exact) mass is 383 g/mol. The standard InChI is InChI=1S/C20H21N3O3S/c1-14-19(24)23(13-15-8-10-17(25-2)11-9-15)20(27-14)22-21-12-16-6-4-5-7-18(16)26-3/h4-12,14H,13H2,1-3H3/b21-12-,22-20+/t14-/m0/s1. The zero-order chi connectivity index (χ0) is 19.2. The summed E-state index contributed by atoms with van der Waals surface area (Å²) in [6.45, 7) is 2.32. The molecule has 1 fully saturated rings. The summed E-state index contributed by atoms with van der Waals surface area (Å²) in [5, 5.41) is 8.86. The smallest absolute Gasteiger partial charge is 0.242 e. The number of hydrogen-bond donors (Lipinski definition) is 0. The molecule has 6 nitrogen and oxygen atoms in total. The fourth-order valence-corrected chi connectivity index (χ4v) is 3.56. The van der Waals surface area contributed by atoms with Crippen molar-refractivity contribution in [2.24, 2.45) is 10.2 Å². The molecule has 0 bridgehead atoms. The highest BCUT2D eigenvalue weighted by atomic mass is 32.2. The van der Waals surface area contributed by atoms with Crippen LogP contribution >= 0.6 is 11.8 Å². The van der Waals surface area contributed by atoms with Crippen LogP contribution in [-0.2, 0) is 11.3 Å². The van der Waals surface area contributed by atoms with Crippen molar-refractivity contribution in [3.8, 4) is 11.5 Å². The van der Waals surface area contributed by atoms with E-state index in [-0.39, 0.29) is 11.2 Å². The molecule has 140 valence electrons. The largest absolute Gasteiger partial charge is 0.497 e. The number of hydrogen-bond acceptors (Lipinski definition) is 6. The van der Waals surface area contributed by atoms with Crippen LogP contribution in [0.25, 0.3) is 0 Å². The van der Waals surface area contributed by atoms with Gasteiger partial charge in [0.05, 0.1) is 32.2 Å². The first-order valence-electron chi connectivity index (χ1n) is 8.47. The molecule has 2 aromatic rings. The lowest BCUT2D eigenvalue weighted by Crippen LogP contribution is -2.30. The number of amides is 1. The van der Waals surface area contributed by atoms with E-state index in [1.807, 2.05) is 55.5 Å². The van der Waals surface area contributed by atoms with Gasteiger partial charge in [-0.25, -0.2) is 0 Å². The van der Waals surface area contributed by atoms with Crippen LogP contribution in [0.4, 0.5) is 0 Å². The second kappa shape index (κ2) is 8.73. The maximum absolute atomic E-state index is 12.5. The van der Waals surface area contributed by atoms with Crippen molar-refractivity contribution in [1.29, 1.82) is 0 Å². The quantitative estimate of drug-likeness (QED) is 0.565. The van der Waals surface area contributed by atoms with Gasteiger partial charge in [0.1, 0.15) is 11.5 Å². The molecule has 1 atom stereocenters. The van der Waals surface area contributed by atoms with E-state index in [4.69, 9.17) is 9.47 Å². The summed E-state index contributed by atoms with van der Waals surface area (Å²) in [6.07, 6.45) is 1.63. The van der Waals surface area contributed by atoms with Gasteiger partial charge < -0.3 is 9.47 Å². The van der Waals surface area contributed by atoms with Gasteiger partial charge in [0.25, 0.3) is 0 Å². The van der Waals surface area contributed by atoms with Gasteiger partial charge >= 0.3 is 0 Å². The second-order valence-corrected chi connectivity index (χ2v) is 7.21. The highest BCUT2D eigenvalue weighted by Crippen LogP contribution is 2.29. The number of thioether (sulfide) groups is 1. The Morgan fingerprint density at radius 3 is 2.56 bits per heavy atom. The summed E-state index contributed by atoms with van der Waals surface area (Å²) < 4.78 is 10.5. The second-order valence-electron chi connectivity index (χ2n) is 5.90. The molecular formula is C20H21N3O3S. The highest BCUT2D eigenvalue weighted by molar-refractivity contribution is 8.15. The Morgan fingerprint density at radius 2 is 1.85 bits per heavy atom. The molecule has 7 heteroatoms. The lowest BCUT2D eigenvalue weighted by atomic mass is 10.2. The van der Waals surface area contributed by atoms with Crippen LogP contribution in [-0.4, -0.2) is 41.7 Å². The molecule has 0 aromatic heterocycles. The van der Waals surface area contributed by atoms with Crippen LogP contribution in [0.1, 0.15) is 18.1 Å². The van der Waals surface area contributed by atoms with Gasteiger partial charge in [-0.05, 0) is 36.8 Å². The summed E-state index contributed by atoms with van der Waals surface area (Å²) in [4.78, 5) is 14.2. The molecule has 0 radical (unpaired) electrons. The Hall–Kier alpha value is -2.80. The predicted molar refractivity (Wildman–Crippen MR) is 109 cm³/mol. The van der Waals surface area contributed by atoms with Crippen LogP contribution in [0.15, 0.2) is 58.7 Å². The summed E-state index contributed by atoms with van der Waals surface area (Å²) in [7, 11) is 3.24. The fourth-order valence-electron chi connectivity index (χ4n) is 2.64. The lowest BCUT2D eigenvalue weighted by Gasteiger charge is -2.15. The number of methoxy groups -OCH3 is 2. The van der Waals surface area contributed by atoms with E-state index in [0.717, 1.165) is 22.6 Å². The zero-order valence-corrected chi connectivity index (χ0v) is 16.3. The molecule has 2 aromatic carbocycles. The minimum atomic E-state index is -0.177. The third-order valence-electron chi connectivity index (χ3n) is 4.11. The molecule has 1 aliphatic heterocycles. The number of amidine groups is 1. The van der Waals surface area contributed by atoms with E-state index in [9.17, 15) is 4.79 Å². The Kier molecular flexibility index (Phi) is 6.13. The molecule has 0 unspecified atom stereocenters. The topological polar surface area (TPSA) is 63.5 Å². The molecule has 1 aliphatic rings.